The lowest BCUT2D eigenvalue weighted by atomic mass is 10.1. The van der Waals surface area contributed by atoms with Crippen molar-refractivity contribution < 1.29 is 4.74 Å². The molecule has 0 atom stereocenters. The quantitative estimate of drug-likeness (QED) is 0.618. The number of allylic oxidation sites excluding steroid dienone is 1. The molecule has 0 unspecified atom stereocenters. The molecule has 0 aliphatic rings. The second-order valence-corrected chi connectivity index (χ2v) is 3.53. The van der Waals surface area contributed by atoms with Crippen molar-refractivity contribution in [1.29, 1.82) is 0 Å². The largest absolute Gasteiger partial charge is 0.386 e. The summed E-state index contributed by atoms with van der Waals surface area (Å²) in [5, 5.41) is 3.22. The minimum Gasteiger partial charge on any atom is -0.386 e. The van der Waals surface area contributed by atoms with Crippen molar-refractivity contribution in [3.05, 3.63) is 12.3 Å². The maximum atomic E-state index is 5.37. The Balaban J connectivity index is 3.26. The average molecular weight is 171 g/mol. The molecule has 2 heteroatoms. The number of ether oxygens (including phenoxy) is 1. The zero-order valence-corrected chi connectivity index (χ0v) is 8.68. The third-order valence-corrected chi connectivity index (χ3v) is 1.60. The minimum atomic E-state index is 0.319. The fourth-order valence-electron chi connectivity index (χ4n) is 0.710. The number of nitrogens with one attached hydrogen (secondary N) is 1. The van der Waals surface area contributed by atoms with Crippen molar-refractivity contribution in [2.24, 2.45) is 5.92 Å². The van der Waals surface area contributed by atoms with Gasteiger partial charge in [-0.05, 0) is 19.8 Å². The van der Waals surface area contributed by atoms with Crippen LogP contribution in [0.2, 0.25) is 0 Å². The van der Waals surface area contributed by atoms with Crippen LogP contribution in [0.15, 0.2) is 12.3 Å². The van der Waals surface area contributed by atoms with E-state index in [0.717, 1.165) is 18.8 Å². The van der Waals surface area contributed by atoms with Crippen molar-refractivity contribution in [2.45, 2.75) is 33.8 Å². The summed E-state index contributed by atoms with van der Waals surface area (Å²) in [6.07, 6.45) is 0.319. The zero-order chi connectivity index (χ0) is 9.56. The van der Waals surface area contributed by atoms with Gasteiger partial charge in [0.2, 0.25) is 0 Å². The molecule has 12 heavy (non-hydrogen) atoms. The highest BCUT2D eigenvalue weighted by Crippen LogP contribution is 2.01. The first-order chi connectivity index (χ1) is 5.54. The molecule has 2 nitrogen and oxygen atoms in total. The van der Waals surface area contributed by atoms with Gasteiger partial charge >= 0.3 is 0 Å². The van der Waals surface area contributed by atoms with Gasteiger partial charge in [-0.1, -0.05) is 20.4 Å². The molecule has 1 N–H and O–H groups in total. The van der Waals surface area contributed by atoms with E-state index in [1.54, 1.807) is 0 Å². The van der Waals surface area contributed by atoms with Crippen LogP contribution in [0.3, 0.4) is 0 Å². The van der Waals surface area contributed by atoms with E-state index in [1.807, 2.05) is 13.8 Å². The van der Waals surface area contributed by atoms with Gasteiger partial charge in [0.05, 0.1) is 12.7 Å². The van der Waals surface area contributed by atoms with E-state index >= 15 is 0 Å². The summed E-state index contributed by atoms with van der Waals surface area (Å²) in [7, 11) is 0. The van der Waals surface area contributed by atoms with Crippen molar-refractivity contribution in [1.82, 2.24) is 5.32 Å². The standard InChI is InChI=1S/C10H21NO/c1-8(2)10(5)11-6-7-12-9(3)4/h8-9,11H,5-7H2,1-4H3. The van der Waals surface area contributed by atoms with Crippen LogP contribution in [0.1, 0.15) is 27.7 Å². The Labute approximate surface area is 76.0 Å². The Morgan fingerprint density at radius 3 is 2.33 bits per heavy atom. The zero-order valence-electron chi connectivity index (χ0n) is 8.68. The first-order valence-corrected chi connectivity index (χ1v) is 4.58. The molecular weight excluding hydrogens is 150 g/mol. The molecule has 0 radical (unpaired) electrons. The highest BCUT2D eigenvalue weighted by Gasteiger charge is 1.98. The van der Waals surface area contributed by atoms with E-state index in [2.05, 4.69) is 25.7 Å². The van der Waals surface area contributed by atoms with Gasteiger partial charge in [-0.15, -0.1) is 0 Å². The molecule has 0 spiro atoms. The molecule has 0 heterocycles. The molecule has 0 aromatic carbocycles. The van der Waals surface area contributed by atoms with Crippen LogP contribution in [0, 0.1) is 5.92 Å². The molecule has 0 fully saturated rings. The number of rotatable bonds is 6. The van der Waals surface area contributed by atoms with Crippen LogP contribution in [0.4, 0.5) is 0 Å². The van der Waals surface area contributed by atoms with Gasteiger partial charge < -0.3 is 10.1 Å². The fraction of sp³-hybridized carbons (Fsp3) is 0.800. The summed E-state index contributed by atoms with van der Waals surface area (Å²) in [6, 6.07) is 0. The molecule has 0 rings (SSSR count). The second kappa shape index (κ2) is 6.06. The molecule has 0 aromatic heterocycles. The van der Waals surface area contributed by atoms with Gasteiger partial charge in [0, 0.05) is 12.2 Å². The van der Waals surface area contributed by atoms with Crippen molar-refractivity contribution >= 4 is 0 Å². The van der Waals surface area contributed by atoms with Crippen LogP contribution < -0.4 is 5.32 Å². The minimum absolute atomic E-state index is 0.319. The van der Waals surface area contributed by atoms with E-state index in [4.69, 9.17) is 4.74 Å². The van der Waals surface area contributed by atoms with Gasteiger partial charge in [-0.25, -0.2) is 0 Å². The molecule has 0 saturated heterocycles. The van der Waals surface area contributed by atoms with E-state index < -0.39 is 0 Å². The maximum Gasteiger partial charge on any atom is 0.0642 e. The van der Waals surface area contributed by atoms with Gasteiger partial charge in [0.25, 0.3) is 0 Å². The summed E-state index contributed by atoms with van der Waals surface area (Å²) >= 11 is 0. The van der Waals surface area contributed by atoms with Gasteiger partial charge in [-0.3, -0.25) is 0 Å². The monoisotopic (exact) mass is 171 g/mol. The first kappa shape index (κ1) is 11.5. The Morgan fingerprint density at radius 1 is 1.33 bits per heavy atom. The summed E-state index contributed by atoms with van der Waals surface area (Å²) in [5.74, 6) is 0.504. The molecule has 0 amide bonds. The summed E-state index contributed by atoms with van der Waals surface area (Å²) < 4.78 is 5.37. The summed E-state index contributed by atoms with van der Waals surface area (Å²) in [6.45, 7) is 13.8. The topological polar surface area (TPSA) is 21.3 Å². The van der Waals surface area contributed by atoms with Crippen molar-refractivity contribution in [2.75, 3.05) is 13.2 Å². The van der Waals surface area contributed by atoms with Crippen LogP contribution in [-0.2, 0) is 4.74 Å². The van der Waals surface area contributed by atoms with E-state index in [-0.39, 0.29) is 0 Å². The van der Waals surface area contributed by atoms with Crippen molar-refractivity contribution in [3.63, 3.8) is 0 Å². The smallest absolute Gasteiger partial charge is 0.0642 e. The molecule has 72 valence electrons. The predicted molar refractivity (Wildman–Crippen MR) is 53.1 cm³/mol. The molecule has 0 aliphatic heterocycles. The summed E-state index contributed by atoms with van der Waals surface area (Å²) in [4.78, 5) is 0. The highest BCUT2D eigenvalue weighted by molar-refractivity contribution is 4.93. The predicted octanol–water partition coefficient (Wildman–Crippen LogP) is 2.17. The second-order valence-electron chi connectivity index (χ2n) is 3.53. The van der Waals surface area contributed by atoms with E-state index in [9.17, 15) is 0 Å². The molecule has 0 aromatic rings. The Kier molecular flexibility index (Phi) is 5.81. The SMILES string of the molecule is C=C(NCCOC(C)C)C(C)C. The van der Waals surface area contributed by atoms with Gasteiger partial charge in [-0.2, -0.15) is 0 Å². The third kappa shape index (κ3) is 6.23. The van der Waals surface area contributed by atoms with Crippen LogP contribution in [-0.4, -0.2) is 19.3 Å². The molecule has 0 saturated carbocycles. The van der Waals surface area contributed by atoms with Crippen LogP contribution in [0.25, 0.3) is 0 Å². The Morgan fingerprint density at radius 2 is 1.92 bits per heavy atom. The lowest BCUT2D eigenvalue weighted by molar-refractivity contribution is 0.0818. The first-order valence-electron chi connectivity index (χ1n) is 4.58. The van der Waals surface area contributed by atoms with E-state index in [0.29, 0.717) is 12.0 Å². The van der Waals surface area contributed by atoms with Gasteiger partial charge in [0.1, 0.15) is 0 Å². The fourth-order valence-corrected chi connectivity index (χ4v) is 0.710. The van der Waals surface area contributed by atoms with Crippen LogP contribution in [0.5, 0.6) is 0 Å². The molecule has 0 bridgehead atoms. The Hall–Kier alpha value is -0.500. The lowest BCUT2D eigenvalue weighted by Gasteiger charge is -2.13. The van der Waals surface area contributed by atoms with Crippen molar-refractivity contribution in [3.8, 4) is 0 Å². The molecule has 0 aliphatic carbocycles. The number of hydrogen-bond acceptors (Lipinski definition) is 2. The average Bonchev–Trinajstić information content (AvgIpc) is 1.97. The molecular formula is C10H21NO. The number of hydrogen-bond donors (Lipinski definition) is 1. The summed E-state index contributed by atoms with van der Waals surface area (Å²) in [5.41, 5.74) is 1.09. The Bertz CT molecular complexity index is 130. The van der Waals surface area contributed by atoms with Gasteiger partial charge in [0.15, 0.2) is 0 Å². The highest BCUT2D eigenvalue weighted by atomic mass is 16.5. The lowest BCUT2D eigenvalue weighted by Crippen LogP contribution is -2.22. The van der Waals surface area contributed by atoms with Crippen LogP contribution >= 0.6 is 0 Å². The van der Waals surface area contributed by atoms with E-state index in [1.165, 1.54) is 0 Å². The normalized spacial score (nSPS) is 10.8. The third-order valence-electron chi connectivity index (χ3n) is 1.60. The maximum absolute atomic E-state index is 5.37.